The smallest absolute Gasteiger partial charge is 0.294 e. The summed E-state index contributed by atoms with van der Waals surface area (Å²) < 4.78 is 1.68. The van der Waals surface area contributed by atoms with Crippen LogP contribution in [0.4, 0.5) is 11.5 Å². The molecule has 0 aliphatic carbocycles. The quantitative estimate of drug-likeness (QED) is 0.723. The SMILES string of the molecule is Cc1ncccc1NC(=O)CCn1c(=O)c(N2CCCCC2)nc2ccccc21. The van der Waals surface area contributed by atoms with Crippen molar-refractivity contribution in [2.45, 2.75) is 39.2 Å². The maximum atomic E-state index is 13.2. The molecule has 0 radical (unpaired) electrons. The fraction of sp³-hybridized carbons (Fsp3) is 0.364. The standard InChI is InChI=1S/C22H25N5O2/c1-16-17(9-7-12-23-16)24-20(28)11-15-27-19-10-4-3-8-18(19)25-21(22(27)29)26-13-5-2-6-14-26/h3-4,7-10,12H,2,5-6,11,13-15H2,1H3,(H,24,28). The van der Waals surface area contributed by atoms with Crippen molar-refractivity contribution in [2.24, 2.45) is 0 Å². The van der Waals surface area contributed by atoms with E-state index in [9.17, 15) is 9.59 Å². The van der Waals surface area contributed by atoms with Crippen molar-refractivity contribution >= 4 is 28.4 Å². The third kappa shape index (κ3) is 4.13. The van der Waals surface area contributed by atoms with Crippen LogP contribution in [0.5, 0.6) is 0 Å². The molecule has 3 aromatic rings. The number of anilines is 2. The van der Waals surface area contributed by atoms with Crippen molar-refractivity contribution < 1.29 is 4.79 Å². The van der Waals surface area contributed by atoms with Crippen molar-refractivity contribution in [1.82, 2.24) is 14.5 Å². The summed E-state index contributed by atoms with van der Waals surface area (Å²) in [7, 11) is 0. The highest BCUT2D eigenvalue weighted by Gasteiger charge is 2.19. The van der Waals surface area contributed by atoms with Gasteiger partial charge < -0.3 is 14.8 Å². The molecule has 1 aliphatic rings. The molecule has 1 fully saturated rings. The second-order valence-corrected chi connectivity index (χ2v) is 7.36. The molecular formula is C22H25N5O2. The maximum absolute atomic E-state index is 13.2. The molecule has 0 saturated carbocycles. The van der Waals surface area contributed by atoms with E-state index in [-0.39, 0.29) is 17.9 Å². The van der Waals surface area contributed by atoms with Crippen LogP contribution in [0.15, 0.2) is 47.4 Å². The van der Waals surface area contributed by atoms with Crippen LogP contribution in [0.2, 0.25) is 0 Å². The second-order valence-electron chi connectivity index (χ2n) is 7.36. The Kier molecular flexibility index (Phi) is 5.55. The number of hydrogen-bond donors (Lipinski definition) is 1. The van der Waals surface area contributed by atoms with E-state index < -0.39 is 0 Å². The number of para-hydroxylation sites is 2. The Morgan fingerprint density at radius 2 is 1.90 bits per heavy atom. The molecule has 1 aromatic carbocycles. The number of fused-ring (bicyclic) bond motifs is 1. The van der Waals surface area contributed by atoms with E-state index in [1.807, 2.05) is 37.3 Å². The number of carbonyl (C=O) groups excluding carboxylic acids is 1. The Morgan fingerprint density at radius 3 is 2.69 bits per heavy atom. The molecule has 7 heteroatoms. The first-order valence-electron chi connectivity index (χ1n) is 10.1. The maximum Gasteiger partial charge on any atom is 0.294 e. The van der Waals surface area contributed by atoms with Crippen molar-refractivity contribution in [1.29, 1.82) is 0 Å². The largest absolute Gasteiger partial charge is 0.352 e. The number of pyridine rings is 1. The Hall–Kier alpha value is -3.22. The molecule has 0 atom stereocenters. The Bertz CT molecular complexity index is 1090. The van der Waals surface area contributed by atoms with Gasteiger partial charge in [0.15, 0.2) is 5.82 Å². The summed E-state index contributed by atoms with van der Waals surface area (Å²) in [5, 5.41) is 2.88. The van der Waals surface area contributed by atoms with Gasteiger partial charge >= 0.3 is 0 Å². The van der Waals surface area contributed by atoms with Crippen LogP contribution in [0.25, 0.3) is 11.0 Å². The number of piperidine rings is 1. The molecule has 150 valence electrons. The third-order valence-corrected chi connectivity index (χ3v) is 5.33. The average Bonchev–Trinajstić information content (AvgIpc) is 2.75. The first-order valence-corrected chi connectivity index (χ1v) is 10.1. The van der Waals surface area contributed by atoms with Gasteiger partial charge in [0, 0.05) is 32.3 Å². The molecule has 0 unspecified atom stereocenters. The number of amides is 1. The molecule has 0 bridgehead atoms. The fourth-order valence-electron chi connectivity index (χ4n) is 3.76. The van der Waals surface area contributed by atoms with Crippen LogP contribution in [0.3, 0.4) is 0 Å². The lowest BCUT2D eigenvalue weighted by molar-refractivity contribution is -0.116. The van der Waals surface area contributed by atoms with Gasteiger partial charge in [-0.25, -0.2) is 4.98 Å². The lowest BCUT2D eigenvalue weighted by Gasteiger charge is -2.27. The Morgan fingerprint density at radius 1 is 1.10 bits per heavy atom. The van der Waals surface area contributed by atoms with Crippen LogP contribution < -0.4 is 15.8 Å². The van der Waals surface area contributed by atoms with Gasteiger partial charge in [-0.2, -0.15) is 0 Å². The summed E-state index contributed by atoms with van der Waals surface area (Å²) in [5.74, 6) is 0.348. The molecule has 0 spiro atoms. The molecule has 7 nitrogen and oxygen atoms in total. The molecule has 1 aliphatic heterocycles. The molecule has 1 amide bonds. The van der Waals surface area contributed by atoms with E-state index in [4.69, 9.17) is 0 Å². The predicted octanol–water partition coefficient (Wildman–Crippen LogP) is 3.12. The molecule has 4 rings (SSSR count). The van der Waals surface area contributed by atoms with Crippen molar-refractivity contribution in [3.63, 3.8) is 0 Å². The minimum atomic E-state index is -0.145. The van der Waals surface area contributed by atoms with Crippen LogP contribution >= 0.6 is 0 Å². The predicted molar refractivity (Wildman–Crippen MR) is 114 cm³/mol. The van der Waals surface area contributed by atoms with E-state index in [0.717, 1.165) is 42.7 Å². The lowest BCUT2D eigenvalue weighted by atomic mass is 10.1. The monoisotopic (exact) mass is 391 g/mol. The van der Waals surface area contributed by atoms with E-state index in [1.54, 1.807) is 16.8 Å². The lowest BCUT2D eigenvalue weighted by Crippen LogP contribution is -2.37. The van der Waals surface area contributed by atoms with Crippen molar-refractivity contribution in [3.05, 3.63) is 58.6 Å². The topological polar surface area (TPSA) is 80.1 Å². The zero-order valence-electron chi connectivity index (χ0n) is 16.6. The van der Waals surface area contributed by atoms with Gasteiger partial charge in [0.1, 0.15) is 0 Å². The molecule has 1 N–H and O–H groups in total. The molecule has 2 aromatic heterocycles. The number of nitrogens with one attached hydrogen (secondary N) is 1. The van der Waals surface area contributed by atoms with Gasteiger partial charge in [0.25, 0.3) is 5.56 Å². The minimum Gasteiger partial charge on any atom is -0.352 e. The zero-order chi connectivity index (χ0) is 20.2. The van der Waals surface area contributed by atoms with Crippen molar-refractivity contribution in [2.75, 3.05) is 23.3 Å². The van der Waals surface area contributed by atoms with E-state index >= 15 is 0 Å². The summed E-state index contributed by atoms with van der Waals surface area (Å²) in [6, 6.07) is 11.2. The molecular weight excluding hydrogens is 366 g/mol. The van der Waals surface area contributed by atoms with Crippen LogP contribution in [0, 0.1) is 6.92 Å². The average molecular weight is 391 g/mol. The first-order chi connectivity index (χ1) is 14.1. The van der Waals surface area contributed by atoms with Crippen LogP contribution in [-0.4, -0.2) is 33.5 Å². The number of aromatic nitrogens is 3. The van der Waals surface area contributed by atoms with Crippen LogP contribution in [-0.2, 0) is 11.3 Å². The first kappa shape index (κ1) is 19.1. The number of rotatable bonds is 5. The Balaban J connectivity index is 1.60. The summed E-state index contributed by atoms with van der Waals surface area (Å²) in [5.41, 5.74) is 2.86. The van der Waals surface area contributed by atoms with Crippen molar-refractivity contribution in [3.8, 4) is 0 Å². The third-order valence-electron chi connectivity index (χ3n) is 5.33. The zero-order valence-corrected chi connectivity index (χ0v) is 16.6. The van der Waals surface area contributed by atoms with Gasteiger partial charge in [0.05, 0.1) is 22.4 Å². The van der Waals surface area contributed by atoms with Gasteiger partial charge in [-0.1, -0.05) is 12.1 Å². The summed E-state index contributed by atoms with van der Waals surface area (Å²) in [6.07, 6.45) is 5.21. The molecule has 29 heavy (non-hydrogen) atoms. The van der Waals surface area contributed by atoms with Gasteiger partial charge in [-0.3, -0.25) is 14.6 Å². The highest BCUT2D eigenvalue weighted by molar-refractivity contribution is 5.91. The highest BCUT2D eigenvalue weighted by atomic mass is 16.2. The van der Waals surface area contributed by atoms with E-state index in [1.165, 1.54) is 6.42 Å². The molecule has 3 heterocycles. The number of benzene rings is 1. The summed E-state index contributed by atoms with van der Waals surface area (Å²) >= 11 is 0. The van der Waals surface area contributed by atoms with E-state index in [2.05, 4.69) is 20.2 Å². The fourth-order valence-corrected chi connectivity index (χ4v) is 3.76. The number of aryl methyl sites for hydroxylation is 2. The highest BCUT2D eigenvalue weighted by Crippen LogP contribution is 2.19. The van der Waals surface area contributed by atoms with Gasteiger partial charge in [-0.15, -0.1) is 0 Å². The summed E-state index contributed by atoms with van der Waals surface area (Å²) in [6.45, 7) is 3.85. The minimum absolute atomic E-state index is 0.129. The Labute approximate surface area is 169 Å². The van der Waals surface area contributed by atoms with E-state index in [0.29, 0.717) is 18.1 Å². The number of hydrogen-bond acceptors (Lipinski definition) is 5. The van der Waals surface area contributed by atoms with Crippen LogP contribution in [0.1, 0.15) is 31.4 Å². The normalized spacial score (nSPS) is 14.2. The van der Waals surface area contributed by atoms with Gasteiger partial charge in [0.2, 0.25) is 5.91 Å². The number of carbonyl (C=O) groups is 1. The van der Waals surface area contributed by atoms with Gasteiger partial charge in [-0.05, 0) is 50.5 Å². The number of nitrogens with zero attached hydrogens (tertiary/aromatic N) is 4. The summed E-state index contributed by atoms with van der Waals surface area (Å²) in [4.78, 5) is 36.6. The molecule has 1 saturated heterocycles. The second kappa shape index (κ2) is 8.43.